The normalized spacial score (nSPS) is 11.9. The van der Waals surface area contributed by atoms with Gasteiger partial charge in [0.25, 0.3) is 15.7 Å². The second-order valence-corrected chi connectivity index (χ2v) is 10.8. The van der Waals surface area contributed by atoms with Crippen molar-refractivity contribution in [1.29, 1.82) is 0 Å². The topological polar surface area (TPSA) is 251 Å². The maximum Gasteiger partial charge on any atom is 0.349 e. The molecule has 0 atom stereocenters. The van der Waals surface area contributed by atoms with Crippen molar-refractivity contribution >= 4 is 63.0 Å². The van der Waals surface area contributed by atoms with Gasteiger partial charge in [0, 0.05) is 28.5 Å². The fraction of sp³-hybridized carbons (Fsp3) is 0.0952. The number of aromatic hydroxyl groups is 1. The van der Waals surface area contributed by atoms with Gasteiger partial charge in [-0.15, -0.1) is 13.8 Å². The molecule has 4 aromatic rings. The molecule has 0 amide bonds. The van der Waals surface area contributed by atoms with Crippen LogP contribution in [0.25, 0.3) is 11.1 Å². The standard InChI is InChI=1S/C21H16N4O14S3/c1-9-16(20(28)34-10-5-11(40-38-36-29)7-12(6-10)41-39-37-30)18(26)25(2)19(27)17(9)23-24-21-22-14-4-3-13(42(31,32)33)8-15(14)35-21/h3-8,26,29-30H,1-2H3,(H,31,32,33). The first-order valence-corrected chi connectivity index (χ1v) is 13.7. The molecule has 0 saturated heterocycles. The monoisotopic (exact) mass is 644 g/mol. The summed E-state index contributed by atoms with van der Waals surface area (Å²) in [6.45, 7) is 1.29. The van der Waals surface area contributed by atoms with Gasteiger partial charge in [0.2, 0.25) is 5.88 Å². The van der Waals surface area contributed by atoms with Gasteiger partial charge in [-0.05, 0) is 37.3 Å². The van der Waals surface area contributed by atoms with Crippen LogP contribution in [-0.4, -0.2) is 44.1 Å². The largest absolute Gasteiger partial charge is 0.494 e. The van der Waals surface area contributed by atoms with E-state index in [-0.39, 0.29) is 32.2 Å². The molecule has 0 fully saturated rings. The first kappa shape index (κ1) is 31.0. The Morgan fingerprint density at radius 3 is 2.29 bits per heavy atom. The van der Waals surface area contributed by atoms with Crippen LogP contribution in [0.4, 0.5) is 11.7 Å². The van der Waals surface area contributed by atoms with Gasteiger partial charge >= 0.3 is 12.0 Å². The first-order chi connectivity index (χ1) is 19.9. The van der Waals surface area contributed by atoms with E-state index in [9.17, 15) is 27.7 Å². The molecule has 4 N–H and O–H groups in total. The van der Waals surface area contributed by atoms with Gasteiger partial charge in [-0.2, -0.15) is 13.4 Å². The van der Waals surface area contributed by atoms with E-state index in [0.29, 0.717) is 24.1 Å². The zero-order valence-electron chi connectivity index (χ0n) is 20.8. The Morgan fingerprint density at radius 1 is 1.05 bits per heavy atom. The Balaban J connectivity index is 1.68. The lowest BCUT2D eigenvalue weighted by Crippen LogP contribution is -2.22. The first-order valence-electron chi connectivity index (χ1n) is 10.8. The van der Waals surface area contributed by atoms with E-state index in [4.69, 9.17) is 19.7 Å². The number of esters is 1. The van der Waals surface area contributed by atoms with Gasteiger partial charge < -0.3 is 14.3 Å². The molecular weight excluding hydrogens is 628 g/mol. The summed E-state index contributed by atoms with van der Waals surface area (Å²) < 4.78 is 52.1. The quantitative estimate of drug-likeness (QED) is 0.0338. The zero-order valence-corrected chi connectivity index (χ0v) is 23.3. The summed E-state index contributed by atoms with van der Waals surface area (Å²) in [7, 11) is -3.35. The highest BCUT2D eigenvalue weighted by Gasteiger charge is 2.25. The number of rotatable bonds is 11. The molecule has 0 spiro atoms. The second kappa shape index (κ2) is 13.0. The van der Waals surface area contributed by atoms with E-state index in [2.05, 4.69) is 34.0 Å². The fourth-order valence-electron chi connectivity index (χ4n) is 3.39. The third-order valence-electron chi connectivity index (χ3n) is 5.25. The molecular formula is C21H16N4O14S3. The maximum absolute atomic E-state index is 13.2. The van der Waals surface area contributed by atoms with Crippen molar-refractivity contribution in [3.63, 3.8) is 0 Å². The van der Waals surface area contributed by atoms with Crippen molar-refractivity contribution in [2.75, 3.05) is 0 Å². The number of azo groups is 1. The number of nitrogens with zero attached hydrogens (tertiary/aromatic N) is 4. The molecule has 0 bridgehead atoms. The molecule has 2 aromatic carbocycles. The van der Waals surface area contributed by atoms with E-state index >= 15 is 0 Å². The van der Waals surface area contributed by atoms with E-state index in [1.807, 2.05) is 0 Å². The van der Waals surface area contributed by atoms with Crippen molar-refractivity contribution in [1.82, 2.24) is 9.55 Å². The molecule has 2 aromatic heterocycles. The average molecular weight is 645 g/mol. The van der Waals surface area contributed by atoms with Gasteiger partial charge in [0.1, 0.15) is 16.8 Å². The molecule has 0 unspecified atom stereocenters. The minimum Gasteiger partial charge on any atom is -0.494 e. The Bertz CT molecular complexity index is 1830. The van der Waals surface area contributed by atoms with Crippen LogP contribution in [-0.2, 0) is 35.9 Å². The number of fused-ring (bicyclic) bond motifs is 1. The molecule has 2 heterocycles. The Hall–Kier alpha value is -3.90. The SMILES string of the molecule is Cc1c(C(=O)Oc2cc(SOOO)cc(SOOO)c2)c(O)n(C)c(=O)c1N=Nc1nc2ccc(S(=O)(=O)O)cc2o1. The lowest BCUT2D eigenvalue weighted by molar-refractivity contribution is -0.432. The lowest BCUT2D eigenvalue weighted by Gasteiger charge is -2.13. The summed E-state index contributed by atoms with van der Waals surface area (Å²) in [5.41, 5.74) is -1.73. The highest BCUT2D eigenvalue weighted by Crippen LogP contribution is 2.34. The van der Waals surface area contributed by atoms with Crippen LogP contribution < -0.4 is 10.3 Å². The maximum atomic E-state index is 13.2. The second-order valence-electron chi connectivity index (χ2n) is 7.82. The van der Waals surface area contributed by atoms with Gasteiger partial charge in [0.05, 0.1) is 29.0 Å². The van der Waals surface area contributed by atoms with Gasteiger partial charge in [-0.3, -0.25) is 13.9 Å². The number of carbonyl (C=O) groups excluding carboxylic acids is 1. The van der Waals surface area contributed by atoms with Crippen molar-refractivity contribution < 1.29 is 61.3 Å². The summed E-state index contributed by atoms with van der Waals surface area (Å²) in [4.78, 5) is 30.0. The summed E-state index contributed by atoms with van der Waals surface area (Å²) in [5, 5.41) is 42.1. The van der Waals surface area contributed by atoms with Crippen LogP contribution in [0.1, 0.15) is 15.9 Å². The summed E-state index contributed by atoms with van der Waals surface area (Å²) in [6.07, 6.45) is 0. The molecule has 222 valence electrons. The predicted octanol–water partition coefficient (Wildman–Crippen LogP) is 4.28. The number of carbonyl (C=O) groups is 1. The minimum absolute atomic E-state index is 0.0523. The molecule has 0 aliphatic carbocycles. The van der Waals surface area contributed by atoms with Crippen LogP contribution in [0.5, 0.6) is 11.6 Å². The van der Waals surface area contributed by atoms with Gasteiger partial charge in [0.15, 0.2) is 11.3 Å². The minimum atomic E-state index is -4.51. The number of aromatic nitrogens is 2. The number of hydrogen-bond donors (Lipinski definition) is 4. The molecule has 4 rings (SSSR count). The molecule has 21 heteroatoms. The van der Waals surface area contributed by atoms with E-state index in [1.165, 1.54) is 31.2 Å². The third-order valence-corrected chi connectivity index (χ3v) is 7.21. The van der Waals surface area contributed by atoms with Crippen molar-refractivity contribution in [3.8, 4) is 11.6 Å². The molecule has 42 heavy (non-hydrogen) atoms. The highest BCUT2D eigenvalue weighted by molar-refractivity contribution is 7.95. The number of ether oxygens (including phenoxy) is 1. The Morgan fingerprint density at radius 2 is 1.69 bits per heavy atom. The van der Waals surface area contributed by atoms with Crippen LogP contribution in [0, 0.1) is 6.92 Å². The Kier molecular flexibility index (Phi) is 9.57. The van der Waals surface area contributed by atoms with Crippen molar-refractivity contribution in [2.45, 2.75) is 21.6 Å². The fourth-order valence-corrected chi connectivity index (χ4v) is 4.86. The van der Waals surface area contributed by atoms with Crippen LogP contribution in [0.3, 0.4) is 0 Å². The van der Waals surface area contributed by atoms with Gasteiger partial charge in [-0.1, -0.05) is 15.2 Å². The smallest absolute Gasteiger partial charge is 0.349 e. The van der Waals surface area contributed by atoms with Crippen molar-refractivity contribution in [2.24, 2.45) is 17.3 Å². The number of oxazole rings is 1. The number of pyridine rings is 1. The van der Waals surface area contributed by atoms with E-state index in [1.54, 1.807) is 0 Å². The number of hydrogen-bond acceptors (Lipinski definition) is 18. The average Bonchev–Trinajstić information content (AvgIpc) is 3.35. The lowest BCUT2D eigenvalue weighted by atomic mass is 10.1. The summed E-state index contributed by atoms with van der Waals surface area (Å²) in [5.74, 6) is -2.02. The zero-order chi connectivity index (χ0) is 30.6. The van der Waals surface area contributed by atoms with Crippen LogP contribution >= 0.6 is 24.1 Å². The highest BCUT2D eigenvalue weighted by atomic mass is 32.2. The molecule has 18 nitrogen and oxygen atoms in total. The van der Waals surface area contributed by atoms with Gasteiger partial charge in [-0.25, -0.2) is 15.3 Å². The van der Waals surface area contributed by atoms with Crippen LogP contribution in [0.15, 0.2) is 70.5 Å². The predicted molar refractivity (Wildman–Crippen MR) is 139 cm³/mol. The molecule has 0 aliphatic rings. The summed E-state index contributed by atoms with van der Waals surface area (Å²) >= 11 is 1.02. The summed E-state index contributed by atoms with van der Waals surface area (Å²) in [6, 6.07) is 6.94. The van der Waals surface area contributed by atoms with E-state index in [0.717, 1.165) is 23.7 Å². The molecule has 0 saturated carbocycles. The number of benzene rings is 2. The van der Waals surface area contributed by atoms with Crippen LogP contribution in [0.2, 0.25) is 0 Å². The molecule has 0 radical (unpaired) electrons. The molecule has 0 aliphatic heterocycles. The van der Waals surface area contributed by atoms with E-state index < -0.39 is 49.7 Å². The Labute approximate surface area is 241 Å². The van der Waals surface area contributed by atoms with Crippen molar-refractivity contribution in [3.05, 3.63) is 57.9 Å². The third kappa shape index (κ3) is 6.93.